The van der Waals surface area contributed by atoms with Gasteiger partial charge in [0.25, 0.3) is 0 Å². The van der Waals surface area contributed by atoms with Crippen molar-refractivity contribution in [2.75, 3.05) is 12.5 Å². The molecule has 0 amide bonds. The summed E-state index contributed by atoms with van der Waals surface area (Å²) >= 11 is 7.79. The highest BCUT2D eigenvalue weighted by Gasteiger charge is 2.09. The Balaban J connectivity index is 2.03. The van der Waals surface area contributed by atoms with Gasteiger partial charge in [-0.3, -0.25) is 4.90 Å². The molecule has 2 heterocycles. The van der Waals surface area contributed by atoms with Gasteiger partial charge in [-0.25, -0.2) is 15.8 Å². The first-order valence-electron chi connectivity index (χ1n) is 5.80. The van der Waals surface area contributed by atoms with Crippen LogP contribution in [-0.2, 0) is 13.1 Å². The van der Waals surface area contributed by atoms with Crippen LogP contribution in [0.1, 0.15) is 16.4 Å². The van der Waals surface area contributed by atoms with Gasteiger partial charge in [0.15, 0.2) is 0 Å². The van der Waals surface area contributed by atoms with Crippen LogP contribution in [0.25, 0.3) is 0 Å². The van der Waals surface area contributed by atoms with Crippen LogP contribution in [0.15, 0.2) is 17.5 Å². The van der Waals surface area contributed by atoms with Crippen LogP contribution >= 0.6 is 22.9 Å². The van der Waals surface area contributed by atoms with Crippen molar-refractivity contribution in [3.8, 4) is 0 Å². The van der Waals surface area contributed by atoms with E-state index in [1.54, 1.807) is 23.5 Å². The molecule has 0 spiro atoms. The van der Waals surface area contributed by atoms with E-state index >= 15 is 0 Å². The largest absolute Gasteiger partial charge is 0.308 e. The third-order valence-electron chi connectivity index (χ3n) is 2.58. The minimum absolute atomic E-state index is 0.609. The summed E-state index contributed by atoms with van der Waals surface area (Å²) in [6, 6.07) is 3.54. The SMILES string of the molecule is Cc1nc(CN(C)Cc2nc(NN)ccc2Cl)cs1. The molecule has 0 saturated carbocycles. The minimum atomic E-state index is 0.609. The molecule has 19 heavy (non-hydrogen) atoms. The summed E-state index contributed by atoms with van der Waals surface area (Å²) in [5.41, 5.74) is 4.38. The Labute approximate surface area is 121 Å². The number of thiazole rings is 1. The summed E-state index contributed by atoms with van der Waals surface area (Å²) in [7, 11) is 2.01. The topological polar surface area (TPSA) is 67.1 Å². The fraction of sp³-hybridized carbons (Fsp3) is 0.333. The van der Waals surface area contributed by atoms with Crippen molar-refractivity contribution >= 4 is 28.8 Å². The molecule has 2 aromatic rings. The molecular weight excluding hydrogens is 282 g/mol. The van der Waals surface area contributed by atoms with Gasteiger partial charge in [-0.1, -0.05) is 11.6 Å². The van der Waals surface area contributed by atoms with E-state index in [2.05, 4.69) is 25.7 Å². The normalized spacial score (nSPS) is 11.0. The average molecular weight is 298 g/mol. The molecule has 7 heteroatoms. The van der Waals surface area contributed by atoms with E-state index in [4.69, 9.17) is 17.4 Å². The molecule has 0 aromatic carbocycles. The van der Waals surface area contributed by atoms with Crippen molar-refractivity contribution in [1.82, 2.24) is 14.9 Å². The molecule has 2 rings (SSSR count). The van der Waals surface area contributed by atoms with Crippen molar-refractivity contribution in [3.05, 3.63) is 38.9 Å². The maximum atomic E-state index is 6.13. The van der Waals surface area contributed by atoms with Gasteiger partial charge in [0.1, 0.15) is 5.82 Å². The maximum absolute atomic E-state index is 6.13. The second-order valence-corrected chi connectivity index (χ2v) is 5.77. The zero-order valence-electron chi connectivity index (χ0n) is 10.9. The van der Waals surface area contributed by atoms with Crippen LogP contribution in [0.3, 0.4) is 0 Å². The number of halogens is 1. The van der Waals surface area contributed by atoms with Gasteiger partial charge in [-0.05, 0) is 26.1 Å². The lowest BCUT2D eigenvalue weighted by Gasteiger charge is -2.16. The summed E-state index contributed by atoms with van der Waals surface area (Å²) < 4.78 is 0. The second kappa shape index (κ2) is 6.29. The number of nitrogens with one attached hydrogen (secondary N) is 1. The molecule has 3 N–H and O–H groups in total. The number of aryl methyl sites for hydroxylation is 1. The van der Waals surface area contributed by atoms with Crippen LogP contribution < -0.4 is 11.3 Å². The van der Waals surface area contributed by atoms with Gasteiger partial charge in [0, 0.05) is 18.5 Å². The van der Waals surface area contributed by atoms with Gasteiger partial charge >= 0.3 is 0 Å². The van der Waals surface area contributed by atoms with Gasteiger partial charge in [0.05, 0.1) is 21.4 Å². The molecule has 0 aliphatic carbocycles. The number of nitrogens with two attached hydrogens (primary N) is 1. The average Bonchev–Trinajstić information content (AvgIpc) is 2.77. The molecule has 5 nitrogen and oxygen atoms in total. The quantitative estimate of drug-likeness (QED) is 0.655. The van der Waals surface area contributed by atoms with E-state index in [0.717, 1.165) is 22.9 Å². The number of rotatable bonds is 5. The number of hydrazine groups is 1. The number of aromatic nitrogens is 2. The predicted molar refractivity (Wildman–Crippen MR) is 79.1 cm³/mol. The van der Waals surface area contributed by atoms with Crippen LogP contribution in [0.2, 0.25) is 5.02 Å². The van der Waals surface area contributed by atoms with Crippen molar-refractivity contribution in [2.24, 2.45) is 5.84 Å². The lowest BCUT2D eigenvalue weighted by atomic mass is 10.3. The second-order valence-electron chi connectivity index (χ2n) is 4.30. The molecule has 0 aliphatic rings. The van der Waals surface area contributed by atoms with Crippen LogP contribution in [0, 0.1) is 6.92 Å². The fourth-order valence-corrected chi connectivity index (χ4v) is 2.51. The Morgan fingerprint density at radius 3 is 2.79 bits per heavy atom. The predicted octanol–water partition coefficient (Wildman–Crippen LogP) is 2.42. The summed E-state index contributed by atoms with van der Waals surface area (Å²) in [6.07, 6.45) is 0. The standard InChI is InChI=1S/C12H16ClN5S/c1-8-15-9(7-19-8)5-18(2)6-11-10(13)3-4-12(16-11)17-14/h3-4,7H,5-6,14H2,1-2H3,(H,16,17). The van der Waals surface area contributed by atoms with Gasteiger partial charge < -0.3 is 5.43 Å². The highest BCUT2D eigenvalue weighted by atomic mass is 35.5. The van der Waals surface area contributed by atoms with E-state index in [-0.39, 0.29) is 0 Å². The Kier molecular flexibility index (Phi) is 4.71. The fourth-order valence-electron chi connectivity index (χ4n) is 1.74. The molecule has 2 aromatic heterocycles. The zero-order valence-corrected chi connectivity index (χ0v) is 12.4. The summed E-state index contributed by atoms with van der Waals surface area (Å²) in [4.78, 5) is 10.9. The minimum Gasteiger partial charge on any atom is -0.308 e. The Bertz CT molecular complexity index is 557. The van der Waals surface area contributed by atoms with Gasteiger partial charge in [0.2, 0.25) is 0 Å². The first kappa shape index (κ1) is 14.2. The first-order valence-corrected chi connectivity index (χ1v) is 7.06. The van der Waals surface area contributed by atoms with Crippen molar-refractivity contribution in [3.63, 3.8) is 0 Å². The molecule has 0 fully saturated rings. The Morgan fingerprint density at radius 1 is 1.37 bits per heavy atom. The third-order valence-corrected chi connectivity index (χ3v) is 3.75. The first-order chi connectivity index (χ1) is 9.08. The lowest BCUT2D eigenvalue weighted by molar-refractivity contribution is 0.312. The van der Waals surface area contributed by atoms with Crippen LogP contribution in [-0.4, -0.2) is 21.9 Å². The molecule has 0 unspecified atom stereocenters. The maximum Gasteiger partial charge on any atom is 0.140 e. The third kappa shape index (κ3) is 3.87. The smallest absolute Gasteiger partial charge is 0.140 e. The molecule has 0 atom stereocenters. The number of hydrogen-bond donors (Lipinski definition) is 2. The summed E-state index contributed by atoms with van der Waals surface area (Å²) in [6.45, 7) is 3.41. The number of hydrogen-bond acceptors (Lipinski definition) is 6. The number of pyridine rings is 1. The molecular formula is C12H16ClN5S. The van der Waals surface area contributed by atoms with E-state index < -0.39 is 0 Å². The summed E-state index contributed by atoms with van der Waals surface area (Å²) in [5.74, 6) is 5.96. The lowest BCUT2D eigenvalue weighted by Crippen LogP contribution is -2.19. The van der Waals surface area contributed by atoms with Crippen molar-refractivity contribution in [2.45, 2.75) is 20.0 Å². The van der Waals surface area contributed by atoms with E-state index in [1.165, 1.54) is 0 Å². The van der Waals surface area contributed by atoms with Crippen molar-refractivity contribution in [1.29, 1.82) is 0 Å². The van der Waals surface area contributed by atoms with Crippen LogP contribution in [0.5, 0.6) is 0 Å². The van der Waals surface area contributed by atoms with Crippen molar-refractivity contribution < 1.29 is 0 Å². The number of anilines is 1. The molecule has 0 saturated heterocycles. The van der Waals surface area contributed by atoms with E-state index in [1.807, 2.05) is 14.0 Å². The molecule has 102 valence electrons. The Morgan fingerprint density at radius 2 is 2.16 bits per heavy atom. The van der Waals surface area contributed by atoms with E-state index in [9.17, 15) is 0 Å². The van der Waals surface area contributed by atoms with Crippen LogP contribution in [0.4, 0.5) is 5.82 Å². The summed E-state index contributed by atoms with van der Waals surface area (Å²) in [5, 5.41) is 3.79. The number of nitrogens with zero attached hydrogens (tertiary/aromatic N) is 3. The number of nitrogen functional groups attached to an aromatic ring is 1. The molecule has 0 radical (unpaired) electrons. The Hall–Kier alpha value is -1.21. The van der Waals surface area contributed by atoms with Gasteiger partial charge in [-0.15, -0.1) is 11.3 Å². The monoisotopic (exact) mass is 297 g/mol. The zero-order chi connectivity index (χ0) is 13.8. The highest BCUT2D eigenvalue weighted by molar-refractivity contribution is 7.09. The molecule has 0 aliphatic heterocycles. The van der Waals surface area contributed by atoms with Gasteiger partial charge in [-0.2, -0.15) is 0 Å². The highest BCUT2D eigenvalue weighted by Crippen LogP contribution is 2.18. The molecule has 0 bridgehead atoms. The van der Waals surface area contributed by atoms with E-state index in [0.29, 0.717) is 17.4 Å².